The standard InChI is InChI=1S/C18H18ClNO2/c1-18(2,3)15-8-6-14(7-9-15)17(21)22-20-12-13-4-10-16(19)11-5-13/h4-12H,1-3H3/b20-12-. The molecule has 0 spiro atoms. The normalized spacial score (nSPS) is 11.6. The fourth-order valence-corrected chi connectivity index (χ4v) is 1.97. The lowest BCUT2D eigenvalue weighted by molar-refractivity contribution is 0.0519. The minimum atomic E-state index is -0.481. The molecule has 0 aliphatic carbocycles. The average Bonchev–Trinajstić information content (AvgIpc) is 2.48. The van der Waals surface area contributed by atoms with E-state index < -0.39 is 5.97 Å². The summed E-state index contributed by atoms with van der Waals surface area (Å²) in [7, 11) is 0. The molecular weight excluding hydrogens is 298 g/mol. The summed E-state index contributed by atoms with van der Waals surface area (Å²) in [4.78, 5) is 16.8. The van der Waals surface area contributed by atoms with Crippen LogP contribution in [-0.4, -0.2) is 12.2 Å². The molecule has 0 unspecified atom stereocenters. The van der Waals surface area contributed by atoms with Crippen LogP contribution in [0.5, 0.6) is 0 Å². The van der Waals surface area contributed by atoms with E-state index in [0.717, 1.165) is 11.1 Å². The molecular formula is C18H18ClNO2. The molecule has 0 amide bonds. The summed E-state index contributed by atoms with van der Waals surface area (Å²) in [5, 5.41) is 4.35. The van der Waals surface area contributed by atoms with Crippen LogP contribution in [0.1, 0.15) is 42.3 Å². The third-order valence-corrected chi connectivity index (χ3v) is 3.45. The fourth-order valence-electron chi connectivity index (χ4n) is 1.84. The predicted octanol–water partition coefficient (Wildman–Crippen LogP) is 4.83. The van der Waals surface area contributed by atoms with Gasteiger partial charge in [-0.15, -0.1) is 0 Å². The molecule has 0 aliphatic heterocycles. The van der Waals surface area contributed by atoms with Gasteiger partial charge in [-0.05, 0) is 40.8 Å². The second kappa shape index (κ2) is 6.75. The van der Waals surface area contributed by atoms with E-state index in [0.29, 0.717) is 10.6 Å². The first kappa shape index (κ1) is 16.2. The van der Waals surface area contributed by atoms with Gasteiger partial charge in [-0.3, -0.25) is 0 Å². The van der Waals surface area contributed by atoms with E-state index in [2.05, 4.69) is 25.9 Å². The smallest absolute Gasteiger partial charge is 0.313 e. The van der Waals surface area contributed by atoms with Gasteiger partial charge in [0.05, 0.1) is 11.8 Å². The van der Waals surface area contributed by atoms with Crippen molar-refractivity contribution in [3.05, 3.63) is 70.2 Å². The van der Waals surface area contributed by atoms with Gasteiger partial charge in [0.2, 0.25) is 0 Å². The van der Waals surface area contributed by atoms with E-state index in [-0.39, 0.29) is 5.41 Å². The summed E-state index contributed by atoms with van der Waals surface area (Å²) in [6.07, 6.45) is 1.47. The van der Waals surface area contributed by atoms with Gasteiger partial charge in [-0.2, -0.15) is 0 Å². The molecule has 2 rings (SSSR count). The molecule has 2 aromatic rings. The van der Waals surface area contributed by atoms with Crippen molar-refractivity contribution in [3.8, 4) is 0 Å². The highest BCUT2D eigenvalue weighted by molar-refractivity contribution is 6.30. The molecule has 0 saturated heterocycles. The molecule has 0 N–H and O–H groups in total. The van der Waals surface area contributed by atoms with E-state index in [9.17, 15) is 4.79 Å². The zero-order chi connectivity index (χ0) is 16.2. The number of hydrogen-bond donors (Lipinski definition) is 0. The highest BCUT2D eigenvalue weighted by Gasteiger charge is 2.14. The van der Waals surface area contributed by atoms with Crippen LogP contribution in [0.2, 0.25) is 5.02 Å². The topological polar surface area (TPSA) is 38.7 Å². The van der Waals surface area contributed by atoms with E-state index in [1.165, 1.54) is 6.21 Å². The Balaban J connectivity index is 1.99. The quantitative estimate of drug-likeness (QED) is 0.462. The first-order valence-corrected chi connectivity index (χ1v) is 7.35. The van der Waals surface area contributed by atoms with Crippen LogP contribution in [0.25, 0.3) is 0 Å². The van der Waals surface area contributed by atoms with Crippen molar-refractivity contribution in [2.75, 3.05) is 0 Å². The molecule has 114 valence electrons. The third kappa shape index (κ3) is 4.43. The van der Waals surface area contributed by atoms with Crippen molar-refractivity contribution < 1.29 is 9.63 Å². The maximum atomic E-state index is 11.9. The number of hydrogen-bond acceptors (Lipinski definition) is 3. The first-order chi connectivity index (χ1) is 10.4. The van der Waals surface area contributed by atoms with Gasteiger partial charge >= 0.3 is 5.97 Å². The summed E-state index contributed by atoms with van der Waals surface area (Å²) < 4.78 is 0. The number of carbonyl (C=O) groups is 1. The Morgan fingerprint density at radius 1 is 1.05 bits per heavy atom. The molecule has 0 atom stereocenters. The summed E-state index contributed by atoms with van der Waals surface area (Å²) >= 11 is 5.79. The van der Waals surface area contributed by atoms with Gasteiger partial charge in [0.25, 0.3) is 0 Å². The van der Waals surface area contributed by atoms with Crippen molar-refractivity contribution in [1.82, 2.24) is 0 Å². The first-order valence-electron chi connectivity index (χ1n) is 6.97. The lowest BCUT2D eigenvalue weighted by Gasteiger charge is -2.18. The number of carbonyl (C=O) groups excluding carboxylic acids is 1. The summed E-state index contributed by atoms with van der Waals surface area (Å²) in [6, 6.07) is 14.4. The number of rotatable bonds is 3. The lowest BCUT2D eigenvalue weighted by atomic mass is 9.87. The average molecular weight is 316 g/mol. The SMILES string of the molecule is CC(C)(C)c1ccc(C(=O)O/N=C\c2ccc(Cl)cc2)cc1. The molecule has 4 heteroatoms. The Morgan fingerprint density at radius 3 is 2.18 bits per heavy atom. The van der Waals surface area contributed by atoms with Crippen molar-refractivity contribution in [2.24, 2.45) is 5.16 Å². The number of benzene rings is 2. The van der Waals surface area contributed by atoms with Crippen LogP contribution in [-0.2, 0) is 10.3 Å². The largest absolute Gasteiger partial charge is 0.365 e. The van der Waals surface area contributed by atoms with Crippen LogP contribution in [0.15, 0.2) is 53.7 Å². The number of oxime groups is 1. The van der Waals surface area contributed by atoms with Gasteiger partial charge in [-0.25, -0.2) is 4.79 Å². The molecule has 0 fully saturated rings. The summed E-state index contributed by atoms with van der Waals surface area (Å²) in [5.74, 6) is -0.481. The minimum Gasteiger partial charge on any atom is -0.313 e. The zero-order valence-corrected chi connectivity index (χ0v) is 13.6. The van der Waals surface area contributed by atoms with E-state index in [4.69, 9.17) is 16.4 Å². The Bertz CT molecular complexity index is 668. The third-order valence-electron chi connectivity index (χ3n) is 3.19. The molecule has 0 heterocycles. The van der Waals surface area contributed by atoms with Crippen LogP contribution < -0.4 is 0 Å². The predicted molar refractivity (Wildman–Crippen MR) is 89.6 cm³/mol. The van der Waals surface area contributed by atoms with Crippen LogP contribution >= 0.6 is 11.6 Å². The molecule has 3 nitrogen and oxygen atoms in total. The van der Waals surface area contributed by atoms with Crippen molar-refractivity contribution in [1.29, 1.82) is 0 Å². The van der Waals surface area contributed by atoms with Crippen molar-refractivity contribution in [2.45, 2.75) is 26.2 Å². The summed E-state index contributed by atoms with van der Waals surface area (Å²) in [5.41, 5.74) is 2.49. The van der Waals surface area contributed by atoms with E-state index >= 15 is 0 Å². The lowest BCUT2D eigenvalue weighted by Crippen LogP contribution is -2.11. The molecule has 0 aromatic heterocycles. The fraction of sp³-hybridized carbons (Fsp3) is 0.222. The minimum absolute atomic E-state index is 0.0508. The Morgan fingerprint density at radius 2 is 1.64 bits per heavy atom. The second-order valence-corrected chi connectivity index (χ2v) is 6.43. The maximum Gasteiger partial charge on any atom is 0.365 e. The molecule has 22 heavy (non-hydrogen) atoms. The van der Waals surface area contributed by atoms with Crippen LogP contribution in [0.3, 0.4) is 0 Å². The van der Waals surface area contributed by atoms with Crippen LogP contribution in [0, 0.1) is 0 Å². The van der Waals surface area contributed by atoms with E-state index in [1.807, 2.05) is 12.1 Å². The highest BCUT2D eigenvalue weighted by Crippen LogP contribution is 2.22. The zero-order valence-electron chi connectivity index (χ0n) is 12.8. The van der Waals surface area contributed by atoms with Gasteiger partial charge in [-0.1, -0.05) is 61.8 Å². The Labute approximate surface area is 135 Å². The molecule has 0 saturated carbocycles. The second-order valence-electron chi connectivity index (χ2n) is 5.99. The molecule has 0 bridgehead atoms. The monoisotopic (exact) mass is 315 g/mol. The van der Waals surface area contributed by atoms with Gasteiger partial charge < -0.3 is 4.84 Å². The number of halogens is 1. The van der Waals surface area contributed by atoms with Crippen molar-refractivity contribution in [3.63, 3.8) is 0 Å². The Hall–Kier alpha value is -2.13. The molecule has 2 aromatic carbocycles. The highest BCUT2D eigenvalue weighted by atomic mass is 35.5. The number of nitrogens with zero attached hydrogens (tertiary/aromatic N) is 1. The maximum absolute atomic E-state index is 11.9. The van der Waals surface area contributed by atoms with E-state index in [1.54, 1.807) is 36.4 Å². The molecule has 0 aliphatic rings. The Kier molecular flexibility index (Phi) is 4.99. The van der Waals surface area contributed by atoms with Crippen molar-refractivity contribution >= 4 is 23.8 Å². The van der Waals surface area contributed by atoms with Gasteiger partial charge in [0.1, 0.15) is 0 Å². The van der Waals surface area contributed by atoms with Crippen LogP contribution in [0.4, 0.5) is 0 Å². The van der Waals surface area contributed by atoms with Gasteiger partial charge in [0.15, 0.2) is 0 Å². The van der Waals surface area contributed by atoms with Gasteiger partial charge in [0, 0.05) is 5.02 Å². The summed E-state index contributed by atoms with van der Waals surface area (Å²) in [6.45, 7) is 6.37. The molecule has 0 radical (unpaired) electrons.